The smallest absolute Gasteiger partial charge is 0.410 e. The van der Waals surface area contributed by atoms with Gasteiger partial charge in [0.25, 0.3) is 0 Å². The molecule has 2 aliphatic rings. The van der Waals surface area contributed by atoms with E-state index >= 15 is 0 Å². The van der Waals surface area contributed by atoms with Crippen LogP contribution in [0.25, 0.3) is 0 Å². The number of amides is 2. The zero-order valence-electron chi connectivity index (χ0n) is 16.1. The van der Waals surface area contributed by atoms with Crippen LogP contribution in [-0.4, -0.2) is 58.7 Å². The average molecular weight is 413 g/mol. The molecule has 0 bridgehead atoms. The van der Waals surface area contributed by atoms with Crippen LogP contribution in [0, 0.1) is 0 Å². The van der Waals surface area contributed by atoms with Crippen LogP contribution in [0.1, 0.15) is 11.1 Å². The second-order valence-electron chi connectivity index (χ2n) is 7.14. The molecule has 0 saturated carbocycles. The average Bonchev–Trinajstić information content (AvgIpc) is 3.26. The highest BCUT2D eigenvalue weighted by Gasteiger charge is 2.45. The number of nitrogens with zero attached hydrogens (tertiary/aromatic N) is 2. The molecule has 0 spiro atoms. The summed E-state index contributed by atoms with van der Waals surface area (Å²) in [7, 11) is 0. The van der Waals surface area contributed by atoms with E-state index in [1.807, 2.05) is 60.7 Å². The molecule has 2 amide bonds. The van der Waals surface area contributed by atoms with E-state index in [9.17, 15) is 9.59 Å². The van der Waals surface area contributed by atoms with Gasteiger partial charge in [0.05, 0.1) is 12.1 Å². The van der Waals surface area contributed by atoms with Gasteiger partial charge in [0.2, 0.25) is 0 Å². The largest absolute Gasteiger partial charge is 0.445 e. The van der Waals surface area contributed by atoms with Crippen LogP contribution < -0.4 is 0 Å². The highest BCUT2D eigenvalue weighted by molar-refractivity contribution is 7.99. The molecule has 7 heteroatoms. The molecule has 4 rings (SSSR count). The van der Waals surface area contributed by atoms with Gasteiger partial charge in [-0.05, 0) is 11.1 Å². The van der Waals surface area contributed by atoms with E-state index in [0.717, 1.165) is 22.6 Å². The second kappa shape index (κ2) is 9.22. The quantitative estimate of drug-likeness (QED) is 0.765. The monoisotopic (exact) mass is 412 g/mol. The third-order valence-corrected chi connectivity index (χ3v) is 6.44. The molecular formula is C22H24N2O4S. The van der Waals surface area contributed by atoms with Crippen molar-refractivity contribution >= 4 is 23.9 Å². The fourth-order valence-electron chi connectivity index (χ4n) is 3.73. The van der Waals surface area contributed by atoms with Gasteiger partial charge >= 0.3 is 12.2 Å². The molecule has 0 N–H and O–H groups in total. The Kier molecular flexibility index (Phi) is 6.24. The summed E-state index contributed by atoms with van der Waals surface area (Å²) in [6, 6.07) is 19.2. The predicted octanol–water partition coefficient (Wildman–Crippen LogP) is 3.76. The van der Waals surface area contributed by atoms with Crippen molar-refractivity contribution in [3.8, 4) is 0 Å². The van der Waals surface area contributed by atoms with E-state index in [1.54, 1.807) is 21.6 Å². The van der Waals surface area contributed by atoms with Gasteiger partial charge in [-0.25, -0.2) is 9.59 Å². The Morgan fingerprint density at radius 2 is 1.17 bits per heavy atom. The highest BCUT2D eigenvalue weighted by Crippen LogP contribution is 2.31. The number of thioether (sulfide) groups is 1. The molecule has 6 nitrogen and oxygen atoms in total. The maximum atomic E-state index is 12.7. The first-order valence-corrected chi connectivity index (χ1v) is 10.9. The van der Waals surface area contributed by atoms with Gasteiger partial charge in [0, 0.05) is 24.6 Å². The minimum atomic E-state index is -0.316. The van der Waals surface area contributed by atoms with Crippen molar-refractivity contribution in [1.29, 1.82) is 0 Å². The number of fused-ring (bicyclic) bond motifs is 1. The van der Waals surface area contributed by atoms with Gasteiger partial charge in [-0.3, -0.25) is 0 Å². The number of carbonyl (C=O) groups excluding carboxylic acids is 2. The molecule has 2 saturated heterocycles. The van der Waals surface area contributed by atoms with E-state index in [0.29, 0.717) is 13.1 Å². The lowest BCUT2D eigenvalue weighted by Gasteiger charge is -2.42. The summed E-state index contributed by atoms with van der Waals surface area (Å²) in [6.45, 7) is 1.42. The van der Waals surface area contributed by atoms with E-state index in [-0.39, 0.29) is 37.5 Å². The van der Waals surface area contributed by atoms with Crippen LogP contribution in [0.3, 0.4) is 0 Å². The van der Waals surface area contributed by atoms with Crippen molar-refractivity contribution in [2.45, 2.75) is 25.3 Å². The second-order valence-corrected chi connectivity index (χ2v) is 8.21. The molecule has 0 unspecified atom stereocenters. The van der Waals surface area contributed by atoms with E-state index < -0.39 is 0 Å². The maximum absolute atomic E-state index is 12.7. The molecule has 2 atom stereocenters. The molecule has 0 aliphatic carbocycles. The fraction of sp³-hybridized carbons (Fsp3) is 0.364. The minimum absolute atomic E-state index is 0.0405. The molecule has 0 aromatic heterocycles. The molecule has 2 aliphatic heterocycles. The standard InChI is InChI=1S/C22H24N2O4S/c25-21(27-13-17-7-3-1-4-8-17)23-11-12-24(20-16-29-15-19(20)23)22(26)28-14-18-9-5-2-6-10-18/h1-10,19-20H,11-16H2/t19-,20+. The van der Waals surface area contributed by atoms with Crippen molar-refractivity contribution in [2.24, 2.45) is 0 Å². The molecule has 29 heavy (non-hydrogen) atoms. The molecule has 2 heterocycles. The van der Waals surface area contributed by atoms with Crippen LogP contribution in [0.5, 0.6) is 0 Å². The van der Waals surface area contributed by atoms with Crippen molar-refractivity contribution in [2.75, 3.05) is 24.6 Å². The highest BCUT2D eigenvalue weighted by atomic mass is 32.2. The number of ether oxygens (including phenoxy) is 2. The lowest BCUT2D eigenvalue weighted by Crippen LogP contribution is -2.62. The van der Waals surface area contributed by atoms with Crippen molar-refractivity contribution in [1.82, 2.24) is 9.80 Å². The van der Waals surface area contributed by atoms with Crippen LogP contribution in [0.2, 0.25) is 0 Å². The normalized spacial score (nSPS) is 20.8. The topological polar surface area (TPSA) is 59.1 Å². The van der Waals surface area contributed by atoms with Crippen LogP contribution >= 0.6 is 11.8 Å². The number of carbonyl (C=O) groups is 2. The molecular weight excluding hydrogens is 388 g/mol. The Balaban J connectivity index is 1.34. The predicted molar refractivity (Wildman–Crippen MR) is 112 cm³/mol. The van der Waals surface area contributed by atoms with Gasteiger partial charge in [-0.2, -0.15) is 11.8 Å². The van der Waals surface area contributed by atoms with Gasteiger partial charge < -0.3 is 19.3 Å². The zero-order valence-corrected chi connectivity index (χ0v) is 16.9. The molecule has 2 fully saturated rings. The number of hydrogen-bond donors (Lipinski definition) is 0. The van der Waals surface area contributed by atoms with E-state index in [2.05, 4.69) is 0 Å². The van der Waals surface area contributed by atoms with E-state index in [1.165, 1.54) is 0 Å². The summed E-state index contributed by atoms with van der Waals surface area (Å²) in [5, 5.41) is 0. The van der Waals surface area contributed by atoms with Gasteiger partial charge in [-0.15, -0.1) is 0 Å². The Bertz CT molecular complexity index is 764. The lowest BCUT2D eigenvalue weighted by atomic mass is 10.1. The minimum Gasteiger partial charge on any atom is -0.445 e. The molecule has 2 aromatic carbocycles. The Morgan fingerprint density at radius 3 is 1.59 bits per heavy atom. The summed E-state index contributed by atoms with van der Waals surface area (Å²) in [5.41, 5.74) is 1.92. The number of benzene rings is 2. The molecule has 2 aromatic rings. The summed E-state index contributed by atoms with van der Waals surface area (Å²) in [5.74, 6) is 1.60. The number of piperazine rings is 1. The first-order valence-electron chi connectivity index (χ1n) is 9.75. The third-order valence-electron chi connectivity index (χ3n) is 5.28. The first kappa shape index (κ1) is 19.6. The maximum Gasteiger partial charge on any atom is 0.410 e. The number of rotatable bonds is 4. The third kappa shape index (κ3) is 4.67. The Morgan fingerprint density at radius 1 is 0.759 bits per heavy atom. The van der Waals surface area contributed by atoms with Crippen molar-refractivity contribution in [3.63, 3.8) is 0 Å². The lowest BCUT2D eigenvalue weighted by molar-refractivity contribution is 0.0180. The van der Waals surface area contributed by atoms with Crippen molar-refractivity contribution < 1.29 is 19.1 Å². The Hall–Kier alpha value is -2.67. The van der Waals surface area contributed by atoms with Crippen LogP contribution in [0.15, 0.2) is 60.7 Å². The zero-order chi connectivity index (χ0) is 20.1. The van der Waals surface area contributed by atoms with Gasteiger partial charge in [-0.1, -0.05) is 60.7 Å². The first-order chi connectivity index (χ1) is 14.2. The molecule has 0 radical (unpaired) electrons. The Labute approximate surface area is 174 Å². The summed E-state index contributed by atoms with van der Waals surface area (Å²) in [6.07, 6.45) is -0.632. The van der Waals surface area contributed by atoms with Crippen LogP contribution in [0.4, 0.5) is 9.59 Å². The van der Waals surface area contributed by atoms with Crippen LogP contribution in [-0.2, 0) is 22.7 Å². The van der Waals surface area contributed by atoms with E-state index in [4.69, 9.17) is 9.47 Å². The van der Waals surface area contributed by atoms with Gasteiger partial charge in [0.1, 0.15) is 13.2 Å². The molecule has 152 valence electrons. The summed E-state index contributed by atoms with van der Waals surface area (Å²) >= 11 is 1.75. The summed E-state index contributed by atoms with van der Waals surface area (Å²) < 4.78 is 11.0. The summed E-state index contributed by atoms with van der Waals surface area (Å²) in [4.78, 5) is 28.9. The SMILES string of the molecule is O=C(OCc1ccccc1)N1CCN(C(=O)OCc2ccccc2)[C@H]2CSC[C@H]21. The van der Waals surface area contributed by atoms with Gasteiger partial charge in [0.15, 0.2) is 0 Å². The van der Waals surface area contributed by atoms with Crippen molar-refractivity contribution in [3.05, 3.63) is 71.8 Å². The number of hydrogen-bond acceptors (Lipinski definition) is 5. The fourth-order valence-corrected chi connectivity index (χ4v) is 5.16.